The minimum Gasteiger partial charge on any atom is -0.389 e. The molecular formula is C19H27N3O2. The fourth-order valence-electron chi connectivity index (χ4n) is 3.58. The molecule has 3 N–H and O–H groups in total. The van der Waals surface area contributed by atoms with Crippen molar-refractivity contribution in [3.05, 3.63) is 30.1 Å². The number of carbonyl (C=O) groups is 1. The van der Waals surface area contributed by atoms with Crippen LogP contribution in [0.15, 0.2) is 24.3 Å². The van der Waals surface area contributed by atoms with Crippen molar-refractivity contribution < 1.29 is 9.90 Å². The van der Waals surface area contributed by atoms with E-state index in [1.807, 2.05) is 24.3 Å². The predicted octanol–water partition coefficient (Wildman–Crippen LogP) is 3.46. The Balaban J connectivity index is 1.72. The quantitative estimate of drug-likeness (QED) is 0.786. The van der Waals surface area contributed by atoms with Crippen molar-refractivity contribution in [3.8, 4) is 0 Å². The van der Waals surface area contributed by atoms with Crippen LogP contribution in [0.3, 0.4) is 0 Å². The van der Waals surface area contributed by atoms with Crippen molar-refractivity contribution in [2.75, 3.05) is 0 Å². The summed E-state index contributed by atoms with van der Waals surface area (Å²) >= 11 is 0. The summed E-state index contributed by atoms with van der Waals surface area (Å²) in [6.45, 7) is 4.13. The zero-order valence-corrected chi connectivity index (χ0v) is 14.5. The van der Waals surface area contributed by atoms with Crippen LogP contribution < -0.4 is 5.32 Å². The van der Waals surface area contributed by atoms with E-state index in [1.54, 1.807) is 0 Å². The van der Waals surface area contributed by atoms with E-state index in [4.69, 9.17) is 0 Å². The Bertz CT molecular complexity index is 668. The first-order valence-electron chi connectivity index (χ1n) is 8.93. The Morgan fingerprint density at radius 2 is 2.00 bits per heavy atom. The molecule has 0 saturated heterocycles. The molecule has 1 aliphatic carbocycles. The second kappa shape index (κ2) is 6.93. The van der Waals surface area contributed by atoms with Crippen LogP contribution in [0.4, 0.5) is 0 Å². The second-order valence-corrected chi connectivity index (χ2v) is 7.39. The molecule has 2 aromatic rings. The number of carbonyl (C=O) groups excluding carboxylic acids is 1. The number of aromatic amines is 1. The smallest absolute Gasteiger partial charge is 0.223 e. The number of para-hydroxylation sites is 2. The molecule has 0 radical (unpaired) electrons. The number of aliphatic hydroxyl groups is 1. The summed E-state index contributed by atoms with van der Waals surface area (Å²) in [5.41, 5.74) is 1.04. The molecule has 3 rings (SSSR count). The second-order valence-electron chi connectivity index (χ2n) is 7.39. The maximum atomic E-state index is 12.5. The highest BCUT2D eigenvalue weighted by Gasteiger charge is 2.33. The number of hydrogen-bond acceptors (Lipinski definition) is 3. The molecule has 1 unspecified atom stereocenters. The van der Waals surface area contributed by atoms with Crippen LogP contribution >= 0.6 is 0 Å². The molecule has 1 heterocycles. The van der Waals surface area contributed by atoms with Crippen LogP contribution in [-0.2, 0) is 4.79 Å². The minimum atomic E-state index is -0.836. The maximum Gasteiger partial charge on any atom is 0.223 e. The fraction of sp³-hybridized carbons (Fsp3) is 0.579. The molecule has 1 aliphatic rings. The maximum absolute atomic E-state index is 12.5. The summed E-state index contributed by atoms with van der Waals surface area (Å²) in [5, 5.41) is 13.7. The predicted molar refractivity (Wildman–Crippen MR) is 94.5 cm³/mol. The molecule has 1 aromatic heterocycles. The summed E-state index contributed by atoms with van der Waals surface area (Å²) in [6.07, 6.45) is 4.77. The summed E-state index contributed by atoms with van der Waals surface area (Å²) in [6, 6.07) is 7.67. The lowest BCUT2D eigenvalue weighted by Crippen LogP contribution is -2.40. The molecule has 130 valence electrons. The molecule has 1 aromatic carbocycles. The average Bonchev–Trinajstić information content (AvgIpc) is 2.96. The molecule has 0 aliphatic heterocycles. The van der Waals surface area contributed by atoms with Crippen molar-refractivity contribution >= 4 is 16.9 Å². The highest BCUT2D eigenvalue weighted by atomic mass is 16.3. The monoisotopic (exact) mass is 329 g/mol. The van der Waals surface area contributed by atoms with Crippen LogP contribution in [0, 0.1) is 5.92 Å². The van der Waals surface area contributed by atoms with Gasteiger partial charge in [-0.2, -0.15) is 0 Å². The summed E-state index contributed by atoms with van der Waals surface area (Å²) < 4.78 is 0. The molecule has 0 spiro atoms. The summed E-state index contributed by atoms with van der Waals surface area (Å²) in [7, 11) is 0. The van der Waals surface area contributed by atoms with Crippen molar-refractivity contribution in [3.63, 3.8) is 0 Å². The molecule has 5 nitrogen and oxygen atoms in total. The first-order chi connectivity index (χ1) is 11.5. The van der Waals surface area contributed by atoms with E-state index >= 15 is 0 Å². The van der Waals surface area contributed by atoms with Crippen molar-refractivity contribution in [2.24, 2.45) is 5.92 Å². The number of amides is 1. The Morgan fingerprint density at radius 1 is 1.29 bits per heavy atom. The van der Waals surface area contributed by atoms with Crippen LogP contribution in [0.25, 0.3) is 11.0 Å². The standard InChI is InChI=1S/C19H27N3O2/c1-13(2)17(18-20-14-8-4-5-9-15(14)21-18)22-16(23)12-19(24)10-6-3-7-11-19/h4-5,8-9,13,17,24H,3,6-7,10-12H2,1-2H3,(H,20,21)(H,22,23). The largest absolute Gasteiger partial charge is 0.389 e. The number of benzene rings is 1. The Labute approximate surface area is 142 Å². The molecular weight excluding hydrogens is 302 g/mol. The van der Waals surface area contributed by atoms with Gasteiger partial charge in [-0.3, -0.25) is 4.79 Å². The van der Waals surface area contributed by atoms with Crippen molar-refractivity contribution in [1.29, 1.82) is 0 Å². The third kappa shape index (κ3) is 3.78. The summed E-state index contributed by atoms with van der Waals surface area (Å²) in [5.74, 6) is 0.879. The number of imidazole rings is 1. The van der Waals surface area contributed by atoms with Crippen LogP contribution in [0.5, 0.6) is 0 Å². The van der Waals surface area contributed by atoms with E-state index < -0.39 is 5.60 Å². The van der Waals surface area contributed by atoms with Gasteiger partial charge in [-0.15, -0.1) is 0 Å². The number of aromatic nitrogens is 2. The molecule has 5 heteroatoms. The molecule has 1 amide bonds. The number of H-pyrrole nitrogens is 1. The lowest BCUT2D eigenvalue weighted by molar-refractivity contribution is -0.128. The van der Waals surface area contributed by atoms with Crippen LogP contribution in [-0.4, -0.2) is 26.6 Å². The molecule has 0 bridgehead atoms. The molecule has 1 fully saturated rings. The van der Waals surface area contributed by atoms with Gasteiger partial charge in [-0.05, 0) is 30.9 Å². The van der Waals surface area contributed by atoms with Gasteiger partial charge in [0.1, 0.15) is 5.82 Å². The highest BCUT2D eigenvalue weighted by molar-refractivity contribution is 5.78. The van der Waals surface area contributed by atoms with Crippen molar-refractivity contribution in [2.45, 2.75) is 64.0 Å². The van der Waals surface area contributed by atoms with Gasteiger partial charge in [0.25, 0.3) is 0 Å². The van der Waals surface area contributed by atoms with E-state index in [0.717, 1.165) is 49.0 Å². The average molecular weight is 329 g/mol. The van der Waals surface area contributed by atoms with Crippen LogP contribution in [0.1, 0.15) is 64.2 Å². The van der Waals surface area contributed by atoms with E-state index in [0.29, 0.717) is 0 Å². The van der Waals surface area contributed by atoms with E-state index in [9.17, 15) is 9.90 Å². The normalized spacial score (nSPS) is 18.7. The number of hydrogen-bond donors (Lipinski definition) is 3. The Hall–Kier alpha value is -1.88. The van der Waals surface area contributed by atoms with Gasteiger partial charge >= 0.3 is 0 Å². The van der Waals surface area contributed by atoms with E-state index in [1.165, 1.54) is 0 Å². The Morgan fingerprint density at radius 3 is 2.67 bits per heavy atom. The number of nitrogens with zero attached hydrogens (tertiary/aromatic N) is 1. The van der Waals surface area contributed by atoms with Gasteiger partial charge in [0, 0.05) is 0 Å². The van der Waals surface area contributed by atoms with Gasteiger partial charge < -0.3 is 15.4 Å². The number of nitrogens with one attached hydrogen (secondary N) is 2. The van der Waals surface area contributed by atoms with Gasteiger partial charge in [0.2, 0.25) is 5.91 Å². The van der Waals surface area contributed by atoms with Gasteiger partial charge in [-0.1, -0.05) is 45.2 Å². The SMILES string of the molecule is CC(C)C(NC(=O)CC1(O)CCCCC1)c1nc2ccccc2[nH]1. The zero-order chi connectivity index (χ0) is 17.2. The minimum absolute atomic E-state index is 0.0986. The zero-order valence-electron chi connectivity index (χ0n) is 14.5. The molecule has 24 heavy (non-hydrogen) atoms. The van der Waals surface area contributed by atoms with Gasteiger partial charge in [0.05, 0.1) is 29.1 Å². The molecule has 1 atom stereocenters. The van der Waals surface area contributed by atoms with Gasteiger partial charge in [0.15, 0.2) is 0 Å². The summed E-state index contributed by atoms with van der Waals surface area (Å²) in [4.78, 5) is 20.4. The number of fused-ring (bicyclic) bond motifs is 1. The lowest BCUT2D eigenvalue weighted by atomic mass is 9.82. The van der Waals surface area contributed by atoms with Crippen molar-refractivity contribution in [1.82, 2.24) is 15.3 Å². The lowest BCUT2D eigenvalue weighted by Gasteiger charge is -2.32. The van der Waals surface area contributed by atoms with Gasteiger partial charge in [-0.25, -0.2) is 4.98 Å². The topological polar surface area (TPSA) is 78.0 Å². The number of rotatable bonds is 5. The first-order valence-corrected chi connectivity index (χ1v) is 8.93. The van der Waals surface area contributed by atoms with E-state index in [2.05, 4.69) is 29.1 Å². The first kappa shape index (κ1) is 17.0. The fourth-order valence-corrected chi connectivity index (χ4v) is 3.58. The molecule has 1 saturated carbocycles. The van der Waals surface area contributed by atoms with Crippen LogP contribution in [0.2, 0.25) is 0 Å². The third-order valence-electron chi connectivity index (χ3n) is 4.96. The highest BCUT2D eigenvalue weighted by Crippen LogP contribution is 2.31. The van der Waals surface area contributed by atoms with E-state index in [-0.39, 0.29) is 24.3 Å². The third-order valence-corrected chi connectivity index (χ3v) is 4.96. The Kier molecular flexibility index (Phi) is 4.90.